The number of nitrogens with zero attached hydrogens (tertiary/aromatic N) is 4. The molecule has 0 bridgehead atoms. The molecule has 17 heavy (non-hydrogen) atoms. The Labute approximate surface area is 99.4 Å². The van der Waals surface area contributed by atoms with E-state index in [1.54, 1.807) is 36.3 Å². The third kappa shape index (κ3) is 2.50. The lowest BCUT2D eigenvalue weighted by atomic mass is 10.2. The van der Waals surface area contributed by atoms with E-state index in [0.29, 0.717) is 5.69 Å². The maximum absolute atomic E-state index is 11.8. The van der Waals surface area contributed by atoms with Gasteiger partial charge in [0.05, 0.1) is 5.69 Å². The Morgan fingerprint density at radius 1 is 1.47 bits per heavy atom. The van der Waals surface area contributed by atoms with Gasteiger partial charge in [-0.3, -0.25) is 14.2 Å². The van der Waals surface area contributed by atoms with E-state index in [2.05, 4.69) is 10.2 Å². The molecule has 5 nitrogen and oxygen atoms in total. The minimum atomic E-state index is -0.102. The first-order chi connectivity index (χ1) is 8.20. The lowest BCUT2D eigenvalue weighted by Crippen LogP contribution is -2.00. The summed E-state index contributed by atoms with van der Waals surface area (Å²) in [5.41, 5.74) is 1.36. The molecule has 0 saturated carbocycles. The van der Waals surface area contributed by atoms with Crippen molar-refractivity contribution in [2.45, 2.75) is 13.5 Å². The van der Waals surface area contributed by atoms with Crippen LogP contribution in [0.2, 0.25) is 0 Å². The summed E-state index contributed by atoms with van der Waals surface area (Å²) in [4.78, 5) is 11.8. The van der Waals surface area contributed by atoms with Crippen LogP contribution in [0.3, 0.4) is 0 Å². The Hall–Kier alpha value is -2.17. The number of ketones is 1. The molecule has 2 rings (SSSR count). The molecule has 0 atom stereocenters. The summed E-state index contributed by atoms with van der Waals surface area (Å²) >= 11 is 0. The highest BCUT2D eigenvalue weighted by atomic mass is 16.1. The van der Waals surface area contributed by atoms with Crippen LogP contribution in [0.1, 0.15) is 23.1 Å². The molecule has 2 aromatic rings. The molecular weight excluding hydrogens is 216 g/mol. The van der Waals surface area contributed by atoms with Crippen molar-refractivity contribution in [1.29, 1.82) is 0 Å². The molecule has 0 aliphatic carbocycles. The predicted octanol–water partition coefficient (Wildman–Crippen LogP) is 1.53. The van der Waals surface area contributed by atoms with E-state index in [-0.39, 0.29) is 5.78 Å². The van der Waals surface area contributed by atoms with Crippen molar-refractivity contribution < 1.29 is 4.79 Å². The fourth-order valence-corrected chi connectivity index (χ4v) is 1.54. The molecule has 2 heterocycles. The Morgan fingerprint density at radius 2 is 2.29 bits per heavy atom. The molecule has 0 fully saturated rings. The van der Waals surface area contributed by atoms with Crippen molar-refractivity contribution in [2.75, 3.05) is 0 Å². The lowest BCUT2D eigenvalue weighted by molar-refractivity contribution is 0.104. The fourth-order valence-electron chi connectivity index (χ4n) is 1.54. The first kappa shape index (κ1) is 11.3. The summed E-state index contributed by atoms with van der Waals surface area (Å²) in [6, 6.07) is 3.56. The van der Waals surface area contributed by atoms with Gasteiger partial charge >= 0.3 is 0 Å². The molecule has 0 amide bonds. The van der Waals surface area contributed by atoms with Crippen LogP contribution in [0.25, 0.3) is 6.08 Å². The standard InChI is InChI=1S/C12H14N4O/c1-3-16-10(6-8-13-16)4-5-12(17)11-7-9-15(2)14-11/h4-9H,3H2,1-2H3/b5-4+. The lowest BCUT2D eigenvalue weighted by Gasteiger charge is -1.97. The van der Waals surface area contributed by atoms with Gasteiger partial charge in [0.15, 0.2) is 0 Å². The second kappa shape index (κ2) is 4.78. The molecule has 2 aromatic heterocycles. The van der Waals surface area contributed by atoms with E-state index < -0.39 is 0 Å². The number of aryl methyl sites for hydroxylation is 2. The summed E-state index contributed by atoms with van der Waals surface area (Å²) in [7, 11) is 1.78. The summed E-state index contributed by atoms with van der Waals surface area (Å²) in [6.45, 7) is 2.79. The number of carbonyl (C=O) groups is 1. The van der Waals surface area contributed by atoms with Crippen LogP contribution >= 0.6 is 0 Å². The summed E-state index contributed by atoms with van der Waals surface area (Å²) < 4.78 is 3.43. The van der Waals surface area contributed by atoms with E-state index in [1.165, 1.54) is 6.08 Å². The highest BCUT2D eigenvalue weighted by molar-refractivity contribution is 6.05. The van der Waals surface area contributed by atoms with Gasteiger partial charge in [-0.2, -0.15) is 10.2 Å². The van der Waals surface area contributed by atoms with Crippen molar-refractivity contribution in [1.82, 2.24) is 19.6 Å². The number of aromatic nitrogens is 4. The quantitative estimate of drug-likeness (QED) is 0.591. The molecule has 0 spiro atoms. The first-order valence-corrected chi connectivity index (χ1v) is 5.44. The van der Waals surface area contributed by atoms with Crippen molar-refractivity contribution in [2.24, 2.45) is 7.05 Å². The number of hydrogen-bond acceptors (Lipinski definition) is 3. The zero-order valence-electron chi connectivity index (χ0n) is 9.87. The highest BCUT2D eigenvalue weighted by Gasteiger charge is 2.05. The Bertz CT molecular complexity index is 550. The zero-order valence-corrected chi connectivity index (χ0v) is 9.87. The minimum absolute atomic E-state index is 0.102. The van der Waals surface area contributed by atoms with Crippen LogP contribution in [-0.4, -0.2) is 25.3 Å². The van der Waals surface area contributed by atoms with Crippen LogP contribution in [-0.2, 0) is 13.6 Å². The van der Waals surface area contributed by atoms with Gasteiger partial charge in [-0.05, 0) is 31.2 Å². The molecule has 0 saturated heterocycles. The predicted molar refractivity (Wildman–Crippen MR) is 64.5 cm³/mol. The van der Waals surface area contributed by atoms with Gasteiger partial charge in [0.2, 0.25) is 5.78 Å². The van der Waals surface area contributed by atoms with Crippen LogP contribution in [0.4, 0.5) is 0 Å². The molecule has 0 unspecified atom stereocenters. The third-order valence-electron chi connectivity index (χ3n) is 2.42. The van der Waals surface area contributed by atoms with Crippen molar-refractivity contribution in [3.05, 3.63) is 42.0 Å². The van der Waals surface area contributed by atoms with Gasteiger partial charge in [-0.1, -0.05) is 0 Å². The van der Waals surface area contributed by atoms with Crippen LogP contribution in [0, 0.1) is 0 Å². The van der Waals surface area contributed by atoms with Gasteiger partial charge in [0.25, 0.3) is 0 Å². The van der Waals surface area contributed by atoms with Gasteiger partial charge < -0.3 is 0 Å². The highest BCUT2D eigenvalue weighted by Crippen LogP contribution is 2.04. The fraction of sp³-hybridized carbons (Fsp3) is 0.250. The summed E-state index contributed by atoms with van der Waals surface area (Å²) in [5, 5.41) is 8.17. The number of allylic oxidation sites excluding steroid dienone is 1. The van der Waals surface area contributed by atoms with Crippen molar-refractivity contribution >= 4 is 11.9 Å². The Morgan fingerprint density at radius 3 is 2.94 bits per heavy atom. The maximum atomic E-state index is 11.8. The van der Waals surface area contributed by atoms with Gasteiger partial charge in [-0.15, -0.1) is 0 Å². The van der Waals surface area contributed by atoms with E-state index >= 15 is 0 Å². The van der Waals surface area contributed by atoms with Gasteiger partial charge in [0.1, 0.15) is 5.69 Å². The maximum Gasteiger partial charge on any atom is 0.206 e. The number of carbonyl (C=O) groups excluding carboxylic acids is 1. The average Bonchev–Trinajstić information content (AvgIpc) is 2.94. The van der Waals surface area contributed by atoms with E-state index in [1.807, 2.05) is 17.7 Å². The smallest absolute Gasteiger partial charge is 0.206 e. The molecular formula is C12H14N4O. The number of rotatable bonds is 4. The van der Waals surface area contributed by atoms with Gasteiger partial charge in [-0.25, -0.2) is 0 Å². The second-order valence-electron chi connectivity index (χ2n) is 3.64. The van der Waals surface area contributed by atoms with Gasteiger partial charge in [0, 0.05) is 26.0 Å². The second-order valence-corrected chi connectivity index (χ2v) is 3.64. The molecule has 0 aliphatic rings. The molecule has 0 aliphatic heterocycles. The minimum Gasteiger partial charge on any atom is -0.287 e. The van der Waals surface area contributed by atoms with Crippen LogP contribution < -0.4 is 0 Å². The van der Waals surface area contributed by atoms with Crippen LogP contribution in [0.15, 0.2) is 30.6 Å². The van der Waals surface area contributed by atoms with E-state index in [9.17, 15) is 4.79 Å². The van der Waals surface area contributed by atoms with Crippen LogP contribution in [0.5, 0.6) is 0 Å². The van der Waals surface area contributed by atoms with E-state index in [4.69, 9.17) is 0 Å². The zero-order chi connectivity index (χ0) is 12.3. The molecule has 88 valence electrons. The van der Waals surface area contributed by atoms with E-state index in [0.717, 1.165) is 12.2 Å². The monoisotopic (exact) mass is 230 g/mol. The third-order valence-corrected chi connectivity index (χ3v) is 2.42. The van der Waals surface area contributed by atoms with Crippen molar-refractivity contribution in [3.63, 3.8) is 0 Å². The molecule has 0 N–H and O–H groups in total. The Balaban J connectivity index is 2.13. The Kier molecular flexibility index (Phi) is 3.18. The first-order valence-electron chi connectivity index (χ1n) is 5.44. The normalized spacial score (nSPS) is 11.2. The molecule has 0 radical (unpaired) electrons. The topological polar surface area (TPSA) is 52.7 Å². The average molecular weight is 230 g/mol. The van der Waals surface area contributed by atoms with Crippen molar-refractivity contribution in [3.8, 4) is 0 Å². The summed E-state index contributed by atoms with van der Waals surface area (Å²) in [5.74, 6) is -0.102. The number of hydrogen-bond donors (Lipinski definition) is 0. The SMILES string of the molecule is CCn1nccc1/C=C/C(=O)c1ccn(C)n1. The molecule has 5 heteroatoms. The molecule has 0 aromatic carbocycles. The largest absolute Gasteiger partial charge is 0.287 e. The summed E-state index contributed by atoms with van der Waals surface area (Å²) in [6.07, 6.45) is 6.74.